The molecular weight excluding hydrogens is 268 g/mol. The van der Waals surface area contributed by atoms with Gasteiger partial charge in [-0.1, -0.05) is 11.6 Å². The average Bonchev–Trinajstić information content (AvgIpc) is 2.37. The number of phenols is 1. The van der Waals surface area contributed by atoms with Crippen molar-refractivity contribution in [3.8, 4) is 5.75 Å². The molecule has 0 aliphatic carbocycles. The molecule has 1 rings (SSSR count). The summed E-state index contributed by atoms with van der Waals surface area (Å²) in [5.74, 6) is -0.590. The predicted octanol–water partition coefficient (Wildman–Crippen LogP) is 1.60. The first-order valence-electron chi connectivity index (χ1n) is 5.84. The summed E-state index contributed by atoms with van der Waals surface area (Å²) in [6.45, 7) is 2.14. The Kier molecular flexibility index (Phi) is 5.18. The van der Waals surface area contributed by atoms with E-state index in [2.05, 4.69) is 0 Å². The Morgan fingerprint density at radius 2 is 1.95 bits per heavy atom. The summed E-state index contributed by atoms with van der Waals surface area (Å²) in [5.41, 5.74) is 0.190. The summed E-state index contributed by atoms with van der Waals surface area (Å²) < 4.78 is 0. The van der Waals surface area contributed by atoms with E-state index in [1.54, 1.807) is 21.0 Å². The maximum absolute atomic E-state index is 12.3. The molecule has 0 aliphatic heterocycles. The number of aromatic hydroxyl groups is 1. The number of hydrogen-bond acceptors (Lipinski definition) is 3. The number of halogens is 1. The van der Waals surface area contributed by atoms with E-state index in [1.807, 2.05) is 0 Å². The number of hydrogen-bond donors (Lipinski definition) is 1. The Morgan fingerprint density at radius 1 is 1.32 bits per heavy atom. The summed E-state index contributed by atoms with van der Waals surface area (Å²) in [4.78, 5) is 26.7. The monoisotopic (exact) mass is 284 g/mol. The summed E-state index contributed by atoms with van der Waals surface area (Å²) >= 11 is 5.94. The SMILES string of the molecule is CCN(CC(=O)N(C)C)C(=O)c1cc(O)ccc1Cl. The van der Waals surface area contributed by atoms with Crippen molar-refractivity contribution in [1.82, 2.24) is 9.80 Å². The highest BCUT2D eigenvalue weighted by atomic mass is 35.5. The fourth-order valence-corrected chi connectivity index (χ4v) is 1.68. The molecule has 0 saturated carbocycles. The van der Waals surface area contributed by atoms with E-state index < -0.39 is 0 Å². The normalized spacial score (nSPS) is 10.1. The van der Waals surface area contributed by atoms with Gasteiger partial charge in [-0.25, -0.2) is 0 Å². The summed E-state index contributed by atoms with van der Waals surface area (Å²) in [6.07, 6.45) is 0. The Bertz CT molecular complexity index is 489. The second kappa shape index (κ2) is 6.43. The zero-order valence-corrected chi connectivity index (χ0v) is 11.9. The van der Waals surface area contributed by atoms with Gasteiger partial charge in [0.15, 0.2) is 0 Å². The molecule has 1 N–H and O–H groups in total. The zero-order chi connectivity index (χ0) is 14.6. The molecular formula is C13H17ClN2O3. The van der Waals surface area contributed by atoms with E-state index in [4.69, 9.17) is 11.6 Å². The molecule has 0 spiro atoms. The third kappa shape index (κ3) is 3.86. The first-order valence-corrected chi connectivity index (χ1v) is 6.22. The highest BCUT2D eigenvalue weighted by Crippen LogP contribution is 2.22. The lowest BCUT2D eigenvalue weighted by Gasteiger charge is -2.22. The fourth-order valence-electron chi connectivity index (χ4n) is 1.48. The molecule has 0 unspecified atom stereocenters. The number of nitrogens with zero attached hydrogens (tertiary/aromatic N) is 2. The average molecular weight is 285 g/mol. The molecule has 0 bridgehead atoms. The van der Waals surface area contributed by atoms with Gasteiger partial charge in [0.05, 0.1) is 17.1 Å². The highest BCUT2D eigenvalue weighted by molar-refractivity contribution is 6.33. The number of benzene rings is 1. The van der Waals surface area contributed by atoms with Crippen LogP contribution in [0.5, 0.6) is 5.75 Å². The van der Waals surface area contributed by atoms with Gasteiger partial charge >= 0.3 is 0 Å². The molecule has 19 heavy (non-hydrogen) atoms. The van der Waals surface area contributed by atoms with Gasteiger partial charge in [0, 0.05) is 20.6 Å². The third-order valence-electron chi connectivity index (χ3n) is 2.67. The van der Waals surface area contributed by atoms with Gasteiger partial charge in [0.2, 0.25) is 5.91 Å². The molecule has 0 atom stereocenters. The molecule has 0 aromatic heterocycles. The van der Waals surface area contributed by atoms with Crippen LogP contribution in [0, 0.1) is 0 Å². The Hall–Kier alpha value is -1.75. The van der Waals surface area contributed by atoms with E-state index >= 15 is 0 Å². The van der Waals surface area contributed by atoms with Crippen LogP contribution in [0.2, 0.25) is 5.02 Å². The van der Waals surface area contributed by atoms with Crippen LogP contribution in [0.3, 0.4) is 0 Å². The van der Waals surface area contributed by atoms with Gasteiger partial charge in [-0.3, -0.25) is 9.59 Å². The Morgan fingerprint density at radius 3 is 2.47 bits per heavy atom. The van der Waals surface area contributed by atoms with Crippen LogP contribution in [0.1, 0.15) is 17.3 Å². The molecule has 0 aliphatic rings. The number of phenolic OH excluding ortho intramolecular Hbond substituents is 1. The maximum Gasteiger partial charge on any atom is 0.255 e. The summed E-state index contributed by atoms with van der Waals surface area (Å²) in [5, 5.41) is 9.66. The van der Waals surface area contributed by atoms with Crippen molar-refractivity contribution in [2.24, 2.45) is 0 Å². The molecule has 1 aromatic rings. The number of rotatable bonds is 4. The molecule has 0 fully saturated rings. The van der Waals surface area contributed by atoms with E-state index in [1.165, 1.54) is 28.0 Å². The minimum atomic E-state index is -0.376. The van der Waals surface area contributed by atoms with Crippen LogP contribution in [0.15, 0.2) is 18.2 Å². The van der Waals surface area contributed by atoms with Crippen LogP contribution >= 0.6 is 11.6 Å². The first kappa shape index (κ1) is 15.3. The van der Waals surface area contributed by atoms with E-state index in [0.717, 1.165) is 0 Å². The molecule has 104 valence electrons. The van der Waals surface area contributed by atoms with Crippen LogP contribution in [-0.4, -0.2) is 53.9 Å². The summed E-state index contributed by atoms with van der Waals surface area (Å²) in [7, 11) is 3.25. The predicted molar refractivity (Wildman–Crippen MR) is 73.4 cm³/mol. The quantitative estimate of drug-likeness (QED) is 0.913. The van der Waals surface area contributed by atoms with Crippen molar-refractivity contribution in [3.63, 3.8) is 0 Å². The van der Waals surface area contributed by atoms with Crippen LogP contribution < -0.4 is 0 Å². The van der Waals surface area contributed by atoms with E-state index in [0.29, 0.717) is 6.54 Å². The maximum atomic E-state index is 12.3. The van der Waals surface area contributed by atoms with Crippen molar-refractivity contribution in [1.29, 1.82) is 0 Å². The number of carbonyl (C=O) groups excluding carboxylic acids is 2. The minimum absolute atomic E-state index is 0.0195. The zero-order valence-electron chi connectivity index (χ0n) is 11.2. The highest BCUT2D eigenvalue weighted by Gasteiger charge is 2.20. The number of likely N-dealkylation sites (N-methyl/N-ethyl adjacent to an activating group) is 2. The largest absolute Gasteiger partial charge is 0.508 e. The third-order valence-corrected chi connectivity index (χ3v) is 3.00. The minimum Gasteiger partial charge on any atom is -0.508 e. The molecule has 0 heterocycles. The van der Waals surface area contributed by atoms with Gasteiger partial charge in [0.1, 0.15) is 5.75 Å². The van der Waals surface area contributed by atoms with Crippen molar-refractivity contribution in [2.75, 3.05) is 27.2 Å². The van der Waals surface area contributed by atoms with Crippen LogP contribution in [0.4, 0.5) is 0 Å². The molecule has 5 nitrogen and oxygen atoms in total. The van der Waals surface area contributed by atoms with Gasteiger partial charge in [-0.2, -0.15) is 0 Å². The smallest absolute Gasteiger partial charge is 0.255 e. The van der Waals surface area contributed by atoms with Gasteiger partial charge in [-0.05, 0) is 25.1 Å². The molecule has 6 heteroatoms. The standard InChI is InChI=1S/C13H17ClN2O3/c1-4-16(8-12(18)15(2)3)13(19)10-7-9(17)5-6-11(10)14/h5-7,17H,4,8H2,1-3H3. The Labute approximate surface area is 117 Å². The molecule has 0 radical (unpaired) electrons. The van der Waals surface area contributed by atoms with Gasteiger partial charge in [0.25, 0.3) is 5.91 Å². The molecule has 0 saturated heterocycles. The first-order chi connectivity index (χ1) is 8.86. The second-order valence-corrected chi connectivity index (χ2v) is 4.68. The lowest BCUT2D eigenvalue weighted by Crippen LogP contribution is -2.40. The van der Waals surface area contributed by atoms with E-state index in [-0.39, 0.29) is 34.7 Å². The fraction of sp³-hybridized carbons (Fsp3) is 0.385. The van der Waals surface area contributed by atoms with Crippen LogP contribution in [0.25, 0.3) is 0 Å². The molecule has 2 amide bonds. The van der Waals surface area contributed by atoms with Gasteiger partial charge in [-0.15, -0.1) is 0 Å². The summed E-state index contributed by atoms with van der Waals surface area (Å²) in [6, 6.07) is 4.15. The molecule has 1 aromatic carbocycles. The number of amides is 2. The van der Waals surface area contributed by atoms with Gasteiger partial charge < -0.3 is 14.9 Å². The topological polar surface area (TPSA) is 60.9 Å². The Balaban J connectivity index is 2.95. The second-order valence-electron chi connectivity index (χ2n) is 4.27. The van der Waals surface area contributed by atoms with Crippen molar-refractivity contribution < 1.29 is 14.7 Å². The van der Waals surface area contributed by atoms with Crippen LogP contribution in [-0.2, 0) is 4.79 Å². The number of carbonyl (C=O) groups is 2. The van der Waals surface area contributed by atoms with Crippen molar-refractivity contribution in [2.45, 2.75) is 6.92 Å². The lowest BCUT2D eigenvalue weighted by molar-refractivity contribution is -0.129. The van der Waals surface area contributed by atoms with E-state index in [9.17, 15) is 14.7 Å². The lowest BCUT2D eigenvalue weighted by atomic mass is 10.2. The van der Waals surface area contributed by atoms with Crippen molar-refractivity contribution in [3.05, 3.63) is 28.8 Å². The van der Waals surface area contributed by atoms with Crippen molar-refractivity contribution >= 4 is 23.4 Å².